The van der Waals surface area contributed by atoms with Gasteiger partial charge in [0.25, 0.3) is 0 Å². The van der Waals surface area contributed by atoms with Crippen LogP contribution in [0.3, 0.4) is 0 Å². The minimum absolute atomic E-state index is 0.0265. The predicted molar refractivity (Wildman–Crippen MR) is 39.9 cm³/mol. The van der Waals surface area contributed by atoms with Gasteiger partial charge in [0, 0.05) is 6.61 Å². The lowest BCUT2D eigenvalue weighted by Gasteiger charge is -2.23. The quantitative estimate of drug-likeness (QED) is 0.578. The molecule has 0 aromatic carbocycles. The molecule has 0 aromatic heterocycles. The van der Waals surface area contributed by atoms with Gasteiger partial charge in [-0.3, -0.25) is 4.79 Å². The van der Waals surface area contributed by atoms with Crippen LogP contribution in [0.1, 0.15) is 6.42 Å². The Morgan fingerprint density at radius 3 is 2.64 bits per heavy atom. The zero-order chi connectivity index (χ0) is 8.27. The van der Waals surface area contributed by atoms with Crippen molar-refractivity contribution in [2.24, 2.45) is 11.8 Å². The van der Waals surface area contributed by atoms with Crippen LogP contribution in [-0.2, 0) is 4.79 Å². The lowest BCUT2D eigenvalue weighted by atomic mass is 9.83. The van der Waals surface area contributed by atoms with E-state index in [0.717, 1.165) is 0 Å². The van der Waals surface area contributed by atoms with Gasteiger partial charge < -0.3 is 10.2 Å². The molecule has 0 saturated carbocycles. The maximum Gasteiger partial charge on any atom is 0.161 e. The zero-order valence-corrected chi connectivity index (χ0v) is 6.23. The number of ketones is 1. The molecule has 0 amide bonds. The van der Waals surface area contributed by atoms with Gasteiger partial charge in [0.2, 0.25) is 0 Å². The molecule has 2 N–H and O–H groups in total. The summed E-state index contributed by atoms with van der Waals surface area (Å²) in [5, 5.41) is 17.6. The second kappa shape index (κ2) is 3.64. The van der Waals surface area contributed by atoms with E-state index in [1.165, 1.54) is 6.08 Å². The molecule has 0 aromatic rings. The second-order valence-electron chi connectivity index (χ2n) is 2.77. The van der Waals surface area contributed by atoms with Gasteiger partial charge in [-0.1, -0.05) is 6.08 Å². The van der Waals surface area contributed by atoms with Crippen LogP contribution in [0.5, 0.6) is 0 Å². The summed E-state index contributed by atoms with van der Waals surface area (Å²) in [6, 6.07) is 0. The van der Waals surface area contributed by atoms with Crippen LogP contribution >= 0.6 is 0 Å². The fourth-order valence-electron chi connectivity index (χ4n) is 1.32. The average Bonchev–Trinajstić information content (AvgIpc) is 2.04. The van der Waals surface area contributed by atoms with Crippen molar-refractivity contribution in [1.82, 2.24) is 0 Å². The highest BCUT2D eigenvalue weighted by atomic mass is 16.3. The van der Waals surface area contributed by atoms with Crippen molar-refractivity contribution in [2.75, 3.05) is 13.2 Å². The standard InChI is InChI=1S/C8H12O3/c9-4-6-2-1-3-8(11)7(6)5-10/h1,3,6-7,9-10H,2,4-5H2. The largest absolute Gasteiger partial charge is 0.396 e. The van der Waals surface area contributed by atoms with Gasteiger partial charge in [0.05, 0.1) is 12.5 Å². The van der Waals surface area contributed by atoms with E-state index in [-0.39, 0.29) is 30.8 Å². The molecular weight excluding hydrogens is 144 g/mol. The van der Waals surface area contributed by atoms with Crippen molar-refractivity contribution >= 4 is 5.78 Å². The Kier molecular flexibility index (Phi) is 2.79. The van der Waals surface area contributed by atoms with E-state index in [1.54, 1.807) is 6.08 Å². The fourth-order valence-corrected chi connectivity index (χ4v) is 1.32. The molecule has 0 heterocycles. The maximum atomic E-state index is 11.0. The zero-order valence-electron chi connectivity index (χ0n) is 6.23. The number of allylic oxidation sites excluding steroid dienone is 2. The lowest BCUT2D eigenvalue weighted by molar-refractivity contribution is -0.122. The monoisotopic (exact) mass is 156 g/mol. The van der Waals surface area contributed by atoms with Crippen LogP contribution in [0.4, 0.5) is 0 Å². The summed E-state index contributed by atoms with van der Waals surface area (Å²) < 4.78 is 0. The summed E-state index contributed by atoms with van der Waals surface area (Å²) in [6.07, 6.45) is 3.91. The van der Waals surface area contributed by atoms with Crippen molar-refractivity contribution in [3.8, 4) is 0 Å². The molecule has 1 rings (SSSR count). The molecule has 0 fully saturated rings. The topological polar surface area (TPSA) is 57.5 Å². The van der Waals surface area contributed by atoms with Gasteiger partial charge in [-0.15, -0.1) is 0 Å². The summed E-state index contributed by atoms with van der Waals surface area (Å²) in [7, 11) is 0. The first-order chi connectivity index (χ1) is 5.29. The maximum absolute atomic E-state index is 11.0. The van der Waals surface area contributed by atoms with Crippen LogP contribution in [0.25, 0.3) is 0 Å². The number of rotatable bonds is 2. The van der Waals surface area contributed by atoms with Gasteiger partial charge in [-0.25, -0.2) is 0 Å². The molecule has 1 aliphatic carbocycles. The SMILES string of the molecule is O=C1C=CCC(CO)C1CO. The van der Waals surface area contributed by atoms with Gasteiger partial charge >= 0.3 is 0 Å². The van der Waals surface area contributed by atoms with Gasteiger partial charge in [-0.2, -0.15) is 0 Å². The van der Waals surface area contributed by atoms with E-state index in [2.05, 4.69) is 0 Å². The molecule has 3 nitrogen and oxygen atoms in total. The Morgan fingerprint density at radius 2 is 2.18 bits per heavy atom. The third kappa shape index (κ3) is 1.67. The molecule has 2 atom stereocenters. The van der Waals surface area contributed by atoms with Gasteiger partial charge in [-0.05, 0) is 18.4 Å². The highest BCUT2D eigenvalue weighted by molar-refractivity contribution is 5.92. The summed E-state index contributed by atoms with van der Waals surface area (Å²) in [5.74, 6) is -0.541. The summed E-state index contributed by atoms with van der Waals surface area (Å²) in [4.78, 5) is 11.0. The highest BCUT2D eigenvalue weighted by Gasteiger charge is 2.27. The van der Waals surface area contributed by atoms with Crippen molar-refractivity contribution < 1.29 is 15.0 Å². The number of carbonyl (C=O) groups is 1. The smallest absolute Gasteiger partial charge is 0.161 e. The normalized spacial score (nSPS) is 30.9. The third-order valence-corrected chi connectivity index (χ3v) is 2.09. The van der Waals surface area contributed by atoms with Crippen LogP contribution in [-0.4, -0.2) is 29.2 Å². The predicted octanol–water partition coefficient (Wildman–Crippen LogP) is -0.268. The first-order valence-electron chi connectivity index (χ1n) is 3.71. The first kappa shape index (κ1) is 8.43. The third-order valence-electron chi connectivity index (χ3n) is 2.09. The molecule has 0 aliphatic heterocycles. The molecule has 1 aliphatic rings. The molecule has 2 unspecified atom stereocenters. The molecule has 0 bridgehead atoms. The number of hydrogen-bond donors (Lipinski definition) is 2. The number of aliphatic hydroxyl groups is 2. The van der Waals surface area contributed by atoms with E-state index in [1.807, 2.05) is 0 Å². The molecule has 0 saturated heterocycles. The lowest BCUT2D eigenvalue weighted by Crippen LogP contribution is -2.30. The van der Waals surface area contributed by atoms with Crippen LogP contribution in [0.2, 0.25) is 0 Å². The second-order valence-corrected chi connectivity index (χ2v) is 2.77. The Labute approximate surface area is 65.3 Å². The molecular formula is C8H12O3. The Bertz CT molecular complexity index is 174. The van der Waals surface area contributed by atoms with Crippen molar-refractivity contribution in [1.29, 1.82) is 0 Å². The Morgan fingerprint density at radius 1 is 1.45 bits per heavy atom. The first-order valence-corrected chi connectivity index (χ1v) is 3.71. The molecule has 0 radical (unpaired) electrons. The van der Waals surface area contributed by atoms with Crippen LogP contribution in [0, 0.1) is 11.8 Å². The highest BCUT2D eigenvalue weighted by Crippen LogP contribution is 2.21. The molecule has 3 heteroatoms. The molecule has 11 heavy (non-hydrogen) atoms. The minimum atomic E-state index is -0.384. The van der Waals surface area contributed by atoms with E-state index in [0.29, 0.717) is 6.42 Å². The molecule has 0 spiro atoms. The number of carbonyl (C=O) groups excluding carboxylic acids is 1. The van der Waals surface area contributed by atoms with Crippen LogP contribution in [0.15, 0.2) is 12.2 Å². The van der Waals surface area contributed by atoms with Gasteiger partial charge in [0.1, 0.15) is 0 Å². The van der Waals surface area contributed by atoms with Crippen molar-refractivity contribution in [2.45, 2.75) is 6.42 Å². The number of aliphatic hydroxyl groups excluding tert-OH is 2. The Hall–Kier alpha value is -0.670. The summed E-state index contributed by atoms with van der Waals surface area (Å²) in [6.45, 7) is -0.185. The summed E-state index contributed by atoms with van der Waals surface area (Å²) >= 11 is 0. The van der Waals surface area contributed by atoms with Crippen molar-refractivity contribution in [3.63, 3.8) is 0 Å². The Balaban J connectivity index is 2.67. The van der Waals surface area contributed by atoms with E-state index >= 15 is 0 Å². The fraction of sp³-hybridized carbons (Fsp3) is 0.625. The minimum Gasteiger partial charge on any atom is -0.396 e. The van der Waals surface area contributed by atoms with E-state index in [4.69, 9.17) is 10.2 Å². The van der Waals surface area contributed by atoms with E-state index in [9.17, 15) is 4.79 Å². The van der Waals surface area contributed by atoms with Gasteiger partial charge in [0.15, 0.2) is 5.78 Å². The average molecular weight is 156 g/mol. The number of hydrogen-bond acceptors (Lipinski definition) is 3. The van der Waals surface area contributed by atoms with Crippen LogP contribution < -0.4 is 0 Å². The van der Waals surface area contributed by atoms with E-state index < -0.39 is 0 Å². The van der Waals surface area contributed by atoms with Crippen molar-refractivity contribution in [3.05, 3.63) is 12.2 Å². The summed E-state index contributed by atoms with van der Waals surface area (Å²) in [5.41, 5.74) is 0. The molecule has 62 valence electrons.